The predicted octanol–water partition coefficient (Wildman–Crippen LogP) is 2.72. The molecule has 1 rings (SSSR count). The Labute approximate surface area is 106 Å². The SMILES string of the molecule is Cl.O=C(O)CCCNCc1ccccc1Cl. The summed E-state index contributed by atoms with van der Waals surface area (Å²) >= 11 is 5.95. The Bertz CT molecular complexity index is 332. The molecule has 0 atom stereocenters. The highest BCUT2D eigenvalue weighted by molar-refractivity contribution is 6.31. The molecule has 1 aromatic rings. The molecule has 0 aliphatic heterocycles. The van der Waals surface area contributed by atoms with Crippen molar-refractivity contribution in [3.05, 3.63) is 34.9 Å². The maximum absolute atomic E-state index is 10.2. The zero-order valence-electron chi connectivity index (χ0n) is 8.78. The van der Waals surface area contributed by atoms with Gasteiger partial charge < -0.3 is 10.4 Å². The number of nitrogens with one attached hydrogen (secondary N) is 1. The lowest BCUT2D eigenvalue weighted by molar-refractivity contribution is -0.137. The number of rotatable bonds is 6. The van der Waals surface area contributed by atoms with E-state index in [0.29, 0.717) is 19.5 Å². The van der Waals surface area contributed by atoms with Crippen molar-refractivity contribution >= 4 is 30.0 Å². The van der Waals surface area contributed by atoms with Crippen LogP contribution in [0.4, 0.5) is 0 Å². The zero-order valence-corrected chi connectivity index (χ0v) is 10.4. The van der Waals surface area contributed by atoms with Gasteiger partial charge >= 0.3 is 5.97 Å². The van der Waals surface area contributed by atoms with Crippen molar-refractivity contribution in [3.63, 3.8) is 0 Å². The minimum Gasteiger partial charge on any atom is -0.481 e. The number of hydrogen-bond acceptors (Lipinski definition) is 2. The van der Waals surface area contributed by atoms with Gasteiger partial charge in [0.1, 0.15) is 0 Å². The largest absolute Gasteiger partial charge is 0.481 e. The molecule has 5 heteroatoms. The van der Waals surface area contributed by atoms with E-state index in [-0.39, 0.29) is 18.8 Å². The summed E-state index contributed by atoms with van der Waals surface area (Å²) in [5.74, 6) is -0.755. The second-order valence-corrected chi connectivity index (χ2v) is 3.67. The van der Waals surface area contributed by atoms with Crippen molar-refractivity contribution in [1.82, 2.24) is 5.32 Å². The summed E-state index contributed by atoms with van der Waals surface area (Å²) in [6.07, 6.45) is 0.843. The Hall–Kier alpha value is -0.770. The molecule has 0 saturated carbocycles. The summed E-state index contributed by atoms with van der Waals surface area (Å²) in [4.78, 5) is 10.2. The van der Waals surface area contributed by atoms with E-state index in [1.54, 1.807) is 0 Å². The summed E-state index contributed by atoms with van der Waals surface area (Å²) in [5.41, 5.74) is 1.04. The lowest BCUT2D eigenvalue weighted by Gasteiger charge is -2.05. The molecule has 0 bridgehead atoms. The monoisotopic (exact) mass is 263 g/mol. The van der Waals surface area contributed by atoms with Crippen LogP contribution in [0.3, 0.4) is 0 Å². The van der Waals surface area contributed by atoms with Gasteiger partial charge in [-0.3, -0.25) is 4.79 Å². The van der Waals surface area contributed by atoms with Crippen LogP contribution >= 0.6 is 24.0 Å². The number of carboxylic acids is 1. The molecular weight excluding hydrogens is 249 g/mol. The number of carbonyl (C=O) groups is 1. The highest BCUT2D eigenvalue weighted by Crippen LogP contribution is 2.14. The first-order chi connectivity index (χ1) is 7.20. The average Bonchev–Trinajstić information content (AvgIpc) is 2.20. The van der Waals surface area contributed by atoms with Gasteiger partial charge in [-0.1, -0.05) is 29.8 Å². The standard InChI is InChI=1S/C11H14ClNO2.ClH/c12-10-5-2-1-4-9(10)8-13-7-3-6-11(14)15;/h1-2,4-5,13H,3,6-8H2,(H,14,15);1H. The lowest BCUT2D eigenvalue weighted by Crippen LogP contribution is -2.15. The average molecular weight is 264 g/mol. The third kappa shape index (κ3) is 5.95. The van der Waals surface area contributed by atoms with Crippen LogP contribution < -0.4 is 5.32 Å². The van der Waals surface area contributed by atoms with E-state index >= 15 is 0 Å². The van der Waals surface area contributed by atoms with Gasteiger partial charge in [-0.25, -0.2) is 0 Å². The summed E-state index contributed by atoms with van der Waals surface area (Å²) in [6, 6.07) is 7.61. The molecular formula is C11H15Cl2NO2. The van der Waals surface area contributed by atoms with Gasteiger partial charge in [-0.2, -0.15) is 0 Å². The Kier molecular flexibility index (Phi) is 7.99. The van der Waals surface area contributed by atoms with E-state index < -0.39 is 5.97 Å². The second kappa shape index (κ2) is 8.39. The van der Waals surface area contributed by atoms with Crippen LogP contribution in [0.2, 0.25) is 5.02 Å². The van der Waals surface area contributed by atoms with Crippen LogP contribution in [0, 0.1) is 0 Å². The van der Waals surface area contributed by atoms with Crippen molar-refractivity contribution in [3.8, 4) is 0 Å². The molecule has 0 aromatic heterocycles. The first kappa shape index (κ1) is 15.2. The highest BCUT2D eigenvalue weighted by atomic mass is 35.5. The third-order valence-electron chi connectivity index (χ3n) is 2.02. The molecule has 0 saturated heterocycles. The smallest absolute Gasteiger partial charge is 0.303 e. The van der Waals surface area contributed by atoms with Crippen LogP contribution in [-0.2, 0) is 11.3 Å². The Morgan fingerprint density at radius 3 is 2.69 bits per heavy atom. The van der Waals surface area contributed by atoms with Crippen LogP contribution in [0.5, 0.6) is 0 Å². The summed E-state index contributed by atoms with van der Waals surface area (Å²) < 4.78 is 0. The molecule has 0 spiro atoms. The van der Waals surface area contributed by atoms with Crippen LogP contribution in [0.25, 0.3) is 0 Å². The van der Waals surface area contributed by atoms with Gasteiger partial charge in [0.05, 0.1) is 0 Å². The molecule has 1 aromatic carbocycles. The third-order valence-corrected chi connectivity index (χ3v) is 2.39. The fourth-order valence-electron chi connectivity index (χ4n) is 1.23. The van der Waals surface area contributed by atoms with Gasteiger partial charge in [0.2, 0.25) is 0 Å². The second-order valence-electron chi connectivity index (χ2n) is 3.27. The maximum Gasteiger partial charge on any atom is 0.303 e. The normalized spacial score (nSPS) is 9.56. The topological polar surface area (TPSA) is 49.3 Å². The number of aliphatic carboxylic acids is 1. The van der Waals surface area contributed by atoms with E-state index in [0.717, 1.165) is 10.6 Å². The van der Waals surface area contributed by atoms with E-state index in [9.17, 15) is 4.79 Å². The molecule has 0 amide bonds. The molecule has 3 nitrogen and oxygen atoms in total. The van der Waals surface area contributed by atoms with Crippen LogP contribution in [0.1, 0.15) is 18.4 Å². The maximum atomic E-state index is 10.2. The predicted molar refractivity (Wildman–Crippen MR) is 67.3 cm³/mol. The lowest BCUT2D eigenvalue weighted by atomic mass is 10.2. The molecule has 16 heavy (non-hydrogen) atoms. The molecule has 90 valence electrons. The highest BCUT2D eigenvalue weighted by Gasteiger charge is 1.99. The van der Waals surface area contributed by atoms with Gasteiger partial charge in [-0.05, 0) is 24.6 Å². The number of halogens is 2. The fraction of sp³-hybridized carbons (Fsp3) is 0.364. The van der Waals surface area contributed by atoms with Crippen LogP contribution in [0.15, 0.2) is 24.3 Å². The van der Waals surface area contributed by atoms with Crippen molar-refractivity contribution < 1.29 is 9.90 Å². The quantitative estimate of drug-likeness (QED) is 0.777. The minimum absolute atomic E-state index is 0. The summed E-state index contributed by atoms with van der Waals surface area (Å²) in [7, 11) is 0. The van der Waals surface area contributed by atoms with Crippen molar-refractivity contribution in [2.24, 2.45) is 0 Å². The molecule has 0 aliphatic carbocycles. The molecule has 0 unspecified atom stereocenters. The van der Waals surface area contributed by atoms with E-state index in [1.165, 1.54) is 0 Å². The Balaban J connectivity index is 0.00000225. The zero-order chi connectivity index (χ0) is 11.1. The number of benzene rings is 1. The van der Waals surface area contributed by atoms with E-state index in [4.69, 9.17) is 16.7 Å². The Morgan fingerprint density at radius 2 is 2.06 bits per heavy atom. The molecule has 0 heterocycles. The molecule has 0 fully saturated rings. The van der Waals surface area contributed by atoms with E-state index in [2.05, 4.69) is 5.32 Å². The van der Waals surface area contributed by atoms with Crippen LogP contribution in [-0.4, -0.2) is 17.6 Å². The first-order valence-corrected chi connectivity index (χ1v) is 5.24. The van der Waals surface area contributed by atoms with Crippen molar-refractivity contribution in [1.29, 1.82) is 0 Å². The molecule has 0 radical (unpaired) electrons. The Morgan fingerprint density at radius 1 is 1.38 bits per heavy atom. The molecule has 0 aliphatic rings. The first-order valence-electron chi connectivity index (χ1n) is 4.86. The summed E-state index contributed by atoms with van der Waals surface area (Å²) in [6.45, 7) is 1.37. The van der Waals surface area contributed by atoms with Gasteiger partial charge in [-0.15, -0.1) is 12.4 Å². The molecule has 2 N–H and O–H groups in total. The van der Waals surface area contributed by atoms with Gasteiger partial charge in [0.25, 0.3) is 0 Å². The van der Waals surface area contributed by atoms with E-state index in [1.807, 2.05) is 24.3 Å². The fourth-order valence-corrected chi connectivity index (χ4v) is 1.43. The number of carboxylic acid groups (broad SMARTS) is 1. The van der Waals surface area contributed by atoms with Crippen molar-refractivity contribution in [2.75, 3.05) is 6.54 Å². The van der Waals surface area contributed by atoms with Gasteiger partial charge in [0.15, 0.2) is 0 Å². The van der Waals surface area contributed by atoms with Gasteiger partial charge in [0, 0.05) is 18.0 Å². The minimum atomic E-state index is -0.755. The number of hydrogen-bond donors (Lipinski definition) is 2. The summed E-state index contributed by atoms with van der Waals surface area (Å²) in [5, 5.41) is 12.3. The van der Waals surface area contributed by atoms with Crippen molar-refractivity contribution in [2.45, 2.75) is 19.4 Å².